The van der Waals surface area contributed by atoms with Gasteiger partial charge in [0.2, 0.25) is 5.91 Å². The average Bonchev–Trinajstić information content (AvgIpc) is 2.94. The molecule has 1 heterocycles. The van der Waals surface area contributed by atoms with Crippen molar-refractivity contribution < 1.29 is 22.4 Å². The number of hydrogen-bond acceptors (Lipinski definition) is 3. The van der Waals surface area contributed by atoms with E-state index < -0.39 is 23.6 Å². The van der Waals surface area contributed by atoms with Gasteiger partial charge in [0, 0.05) is 18.2 Å². The molecule has 1 aliphatic rings. The van der Waals surface area contributed by atoms with Crippen LogP contribution in [0.4, 0.5) is 17.6 Å². The van der Waals surface area contributed by atoms with Gasteiger partial charge in [-0.3, -0.25) is 10.2 Å². The molecule has 0 aliphatic carbocycles. The molecule has 23 heavy (non-hydrogen) atoms. The van der Waals surface area contributed by atoms with Crippen LogP contribution in [-0.4, -0.2) is 18.0 Å². The quantitative estimate of drug-likeness (QED) is 0.726. The van der Waals surface area contributed by atoms with E-state index in [4.69, 9.17) is 0 Å². The van der Waals surface area contributed by atoms with Gasteiger partial charge in [-0.25, -0.2) is 9.82 Å². The van der Waals surface area contributed by atoms with Gasteiger partial charge in [-0.15, -0.1) is 0 Å². The van der Waals surface area contributed by atoms with E-state index in [0.717, 1.165) is 25.0 Å². The molecule has 2 atom stereocenters. The zero-order valence-corrected chi connectivity index (χ0v) is 12.6. The highest BCUT2D eigenvalue weighted by Gasteiger charge is 2.31. The van der Waals surface area contributed by atoms with E-state index in [1.165, 1.54) is 0 Å². The molecule has 3 N–H and O–H groups in total. The van der Waals surface area contributed by atoms with Crippen molar-refractivity contribution >= 4 is 5.91 Å². The lowest BCUT2D eigenvalue weighted by Gasteiger charge is -2.12. The third kappa shape index (κ3) is 4.65. The smallest absolute Gasteiger partial charge is 0.351 e. The monoisotopic (exact) mass is 333 g/mol. The number of nitrogens with one attached hydrogen (secondary N) is 3. The summed E-state index contributed by atoms with van der Waals surface area (Å²) in [6.07, 6.45) is -2.04. The van der Waals surface area contributed by atoms with Gasteiger partial charge in [-0.2, -0.15) is 13.2 Å². The van der Waals surface area contributed by atoms with Crippen molar-refractivity contribution in [1.29, 1.82) is 0 Å². The molecule has 1 fully saturated rings. The predicted molar refractivity (Wildman–Crippen MR) is 76.6 cm³/mol. The van der Waals surface area contributed by atoms with E-state index >= 15 is 0 Å². The molecule has 128 valence electrons. The summed E-state index contributed by atoms with van der Waals surface area (Å²) in [7, 11) is 0. The summed E-state index contributed by atoms with van der Waals surface area (Å²) in [4.78, 5) is 12.0. The number of hydrazine groups is 1. The van der Waals surface area contributed by atoms with Crippen LogP contribution < -0.4 is 16.2 Å². The molecule has 0 radical (unpaired) electrons. The van der Waals surface area contributed by atoms with Crippen molar-refractivity contribution in [3.05, 3.63) is 35.1 Å². The van der Waals surface area contributed by atoms with E-state index in [2.05, 4.69) is 16.2 Å². The highest BCUT2D eigenvalue weighted by atomic mass is 19.4. The molecule has 0 saturated carbocycles. The number of amides is 1. The Morgan fingerprint density at radius 3 is 2.70 bits per heavy atom. The minimum atomic E-state index is -4.59. The van der Waals surface area contributed by atoms with Gasteiger partial charge < -0.3 is 5.32 Å². The van der Waals surface area contributed by atoms with E-state index in [0.29, 0.717) is 12.5 Å². The van der Waals surface area contributed by atoms with E-state index in [9.17, 15) is 22.4 Å². The molecule has 1 saturated heterocycles. The van der Waals surface area contributed by atoms with Crippen molar-refractivity contribution in [3.63, 3.8) is 0 Å². The van der Waals surface area contributed by atoms with Crippen molar-refractivity contribution in [2.45, 2.75) is 51.0 Å². The minimum Gasteiger partial charge on any atom is -0.351 e. The molecular formula is C15H19F4N3O. The van der Waals surface area contributed by atoms with Crippen LogP contribution in [0.15, 0.2) is 18.2 Å². The molecule has 1 aliphatic heterocycles. The lowest BCUT2D eigenvalue weighted by atomic mass is 10.1. The molecule has 1 amide bonds. The largest absolute Gasteiger partial charge is 0.416 e. The van der Waals surface area contributed by atoms with Crippen molar-refractivity contribution in [2.24, 2.45) is 0 Å². The second kappa shape index (κ2) is 7.27. The third-order valence-electron chi connectivity index (χ3n) is 3.77. The average molecular weight is 333 g/mol. The standard InChI is InChI=1S/C15H19F4N3O/c1-2-3-11-7-13(22-21-11)14(23)20-8-9-4-5-10(6-12(9)16)15(17,18)19/h4-6,11,13,21-22H,2-3,7-8H2,1H3,(H,20,23). The van der Waals surface area contributed by atoms with Gasteiger partial charge in [0.25, 0.3) is 0 Å². The van der Waals surface area contributed by atoms with E-state index in [-0.39, 0.29) is 24.1 Å². The Balaban J connectivity index is 1.90. The molecule has 8 heteroatoms. The normalized spacial score (nSPS) is 21.4. The Morgan fingerprint density at radius 1 is 1.35 bits per heavy atom. The number of halogens is 4. The van der Waals surface area contributed by atoms with Crippen LogP contribution in [-0.2, 0) is 17.5 Å². The summed E-state index contributed by atoms with van der Waals surface area (Å²) in [6.45, 7) is 1.89. The summed E-state index contributed by atoms with van der Waals surface area (Å²) in [5.74, 6) is -1.29. The second-order valence-electron chi connectivity index (χ2n) is 5.58. The Morgan fingerprint density at radius 2 is 2.09 bits per heavy atom. The van der Waals surface area contributed by atoms with Crippen LogP contribution in [0.2, 0.25) is 0 Å². The number of hydrogen-bond donors (Lipinski definition) is 3. The molecule has 0 spiro atoms. The molecule has 1 aromatic carbocycles. The van der Waals surface area contributed by atoms with Crippen LogP contribution in [0.5, 0.6) is 0 Å². The maximum atomic E-state index is 13.7. The number of benzene rings is 1. The third-order valence-corrected chi connectivity index (χ3v) is 3.77. The second-order valence-corrected chi connectivity index (χ2v) is 5.58. The molecule has 0 aromatic heterocycles. The zero-order chi connectivity index (χ0) is 17.0. The molecule has 2 unspecified atom stereocenters. The van der Waals surface area contributed by atoms with Crippen LogP contribution in [0, 0.1) is 5.82 Å². The molecule has 0 bridgehead atoms. The SMILES string of the molecule is CCCC1CC(C(=O)NCc2ccc(C(F)(F)F)cc2F)NN1. The number of carbonyl (C=O) groups is 1. The maximum Gasteiger partial charge on any atom is 0.416 e. The van der Waals surface area contributed by atoms with E-state index in [1.54, 1.807) is 0 Å². The predicted octanol–water partition coefficient (Wildman–Crippen LogP) is 2.50. The first kappa shape index (κ1) is 17.7. The molecular weight excluding hydrogens is 314 g/mol. The van der Waals surface area contributed by atoms with Gasteiger partial charge in [-0.05, 0) is 25.0 Å². The zero-order valence-electron chi connectivity index (χ0n) is 12.6. The Kier molecular flexibility index (Phi) is 5.59. The molecule has 2 rings (SSSR count). The lowest BCUT2D eigenvalue weighted by Crippen LogP contribution is -2.43. The Labute approximate surface area is 131 Å². The summed E-state index contributed by atoms with van der Waals surface area (Å²) < 4.78 is 51.1. The molecule has 1 aromatic rings. The summed E-state index contributed by atoms with van der Waals surface area (Å²) in [5.41, 5.74) is 4.85. The highest BCUT2D eigenvalue weighted by Crippen LogP contribution is 2.30. The van der Waals surface area contributed by atoms with Crippen molar-refractivity contribution in [2.75, 3.05) is 0 Å². The Bertz CT molecular complexity index is 562. The van der Waals surface area contributed by atoms with Crippen molar-refractivity contribution in [1.82, 2.24) is 16.2 Å². The fourth-order valence-corrected chi connectivity index (χ4v) is 2.50. The fourth-order valence-electron chi connectivity index (χ4n) is 2.50. The Hall–Kier alpha value is -1.67. The van der Waals surface area contributed by atoms with Crippen LogP contribution in [0.1, 0.15) is 37.3 Å². The van der Waals surface area contributed by atoms with Gasteiger partial charge in [0.05, 0.1) is 5.56 Å². The lowest BCUT2D eigenvalue weighted by molar-refractivity contribution is -0.137. The topological polar surface area (TPSA) is 53.2 Å². The van der Waals surface area contributed by atoms with Gasteiger partial charge in [0.1, 0.15) is 11.9 Å². The van der Waals surface area contributed by atoms with E-state index in [1.807, 2.05) is 6.92 Å². The summed E-state index contributed by atoms with van der Waals surface area (Å²) >= 11 is 0. The summed E-state index contributed by atoms with van der Waals surface area (Å²) in [6, 6.07) is 2.06. The number of rotatable bonds is 5. The van der Waals surface area contributed by atoms with Crippen LogP contribution in [0.3, 0.4) is 0 Å². The van der Waals surface area contributed by atoms with Gasteiger partial charge in [-0.1, -0.05) is 19.4 Å². The van der Waals surface area contributed by atoms with Crippen LogP contribution in [0.25, 0.3) is 0 Å². The van der Waals surface area contributed by atoms with Gasteiger partial charge in [0.15, 0.2) is 0 Å². The first-order valence-electron chi connectivity index (χ1n) is 7.45. The fraction of sp³-hybridized carbons (Fsp3) is 0.533. The van der Waals surface area contributed by atoms with Gasteiger partial charge >= 0.3 is 6.18 Å². The van der Waals surface area contributed by atoms with Crippen LogP contribution >= 0.6 is 0 Å². The molecule has 4 nitrogen and oxygen atoms in total. The minimum absolute atomic E-state index is 0.0161. The van der Waals surface area contributed by atoms with Crippen molar-refractivity contribution in [3.8, 4) is 0 Å². The first-order chi connectivity index (χ1) is 10.8. The number of alkyl halides is 3. The number of carbonyl (C=O) groups excluding carboxylic acids is 1. The maximum absolute atomic E-state index is 13.7. The highest BCUT2D eigenvalue weighted by molar-refractivity contribution is 5.82. The summed E-state index contributed by atoms with van der Waals surface area (Å²) in [5, 5.41) is 2.54. The first-order valence-corrected chi connectivity index (χ1v) is 7.45.